The molecular weight excluding hydrogens is 385 g/mol. The van der Waals surface area contributed by atoms with Gasteiger partial charge in [0.25, 0.3) is 0 Å². The third-order valence-corrected chi connectivity index (χ3v) is 6.99. The van der Waals surface area contributed by atoms with E-state index in [1.165, 1.54) is 12.1 Å². The zero-order chi connectivity index (χ0) is 21.3. The van der Waals surface area contributed by atoms with Crippen molar-refractivity contribution in [3.63, 3.8) is 0 Å². The van der Waals surface area contributed by atoms with Crippen LogP contribution in [0.15, 0.2) is 24.3 Å². The lowest BCUT2D eigenvalue weighted by atomic mass is 9.93. The van der Waals surface area contributed by atoms with E-state index in [-0.39, 0.29) is 35.9 Å². The summed E-state index contributed by atoms with van der Waals surface area (Å²) in [5.41, 5.74) is 0.640. The summed E-state index contributed by atoms with van der Waals surface area (Å²) < 4.78 is 19.0. The summed E-state index contributed by atoms with van der Waals surface area (Å²) in [6.07, 6.45) is 5.73. The van der Waals surface area contributed by atoms with Crippen molar-refractivity contribution in [1.29, 1.82) is 0 Å². The number of hydrogen-bond acceptors (Lipinski definition) is 4. The predicted molar refractivity (Wildman–Crippen MR) is 113 cm³/mol. The highest BCUT2D eigenvalue weighted by atomic mass is 19.1. The van der Waals surface area contributed by atoms with Gasteiger partial charge in [-0.3, -0.25) is 4.79 Å². The van der Waals surface area contributed by atoms with Gasteiger partial charge in [0.1, 0.15) is 5.82 Å². The number of fused-ring (bicyclic) bond motifs is 2. The Hall–Kier alpha value is -2.15. The number of hydrogen-bond donors (Lipinski definition) is 0. The maximum absolute atomic E-state index is 13.7. The Kier molecular flexibility index (Phi) is 6.27. The Morgan fingerprint density at radius 3 is 2.33 bits per heavy atom. The molecule has 2 unspecified atom stereocenters. The van der Waals surface area contributed by atoms with Gasteiger partial charge in [-0.05, 0) is 63.6 Å². The van der Waals surface area contributed by atoms with Crippen molar-refractivity contribution in [2.45, 2.75) is 76.5 Å². The van der Waals surface area contributed by atoms with Gasteiger partial charge < -0.3 is 19.4 Å². The number of carbonyl (C=O) groups is 2. The number of benzene rings is 1. The molecule has 3 saturated heterocycles. The number of ether oxygens (including phenoxy) is 1. The fourth-order valence-electron chi connectivity index (χ4n) is 5.73. The lowest BCUT2D eigenvalue weighted by molar-refractivity contribution is -0.117. The lowest BCUT2D eigenvalue weighted by Gasteiger charge is -2.46. The van der Waals surface area contributed by atoms with E-state index in [4.69, 9.17) is 4.74 Å². The third kappa shape index (κ3) is 4.17. The number of anilines is 1. The number of amides is 2. The topological polar surface area (TPSA) is 53.1 Å². The van der Waals surface area contributed by atoms with Gasteiger partial charge in [-0.15, -0.1) is 0 Å². The minimum Gasteiger partial charge on any atom is -0.450 e. The molecule has 0 radical (unpaired) electrons. The number of nitrogens with zero attached hydrogens (tertiary/aromatic N) is 3. The highest BCUT2D eigenvalue weighted by Gasteiger charge is 2.46. The molecule has 2 amide bonds. The van der Waals surface area contributed by atoms with Crippen molar-refractivity contribution < 1.29 is 18.7 Å². The molecular formula is C23H32FN3O3. The van der Waals surface area contributed by atoms with Crippen LogP contribution in [0.2, 0.25) is 0 Å². The summed E-state index contributed by atoms with van der Waals surface area (Å²) in [5.74, 6) is -0.361. The first-order chi connectivity index (χ1) is 14.5. The van der Waals surface area contributed by atoms with Crippen LogP contribution in [0.1, 0.15) is 52.4 Å². The van der Waals surface area contributed by atoms with Gasteiger partial charge in [0.05, 0.1) is 6.61 Å². The predicted octanol–water partition coefficient (Wildman–Crippen LogP) is 3.79. The van der Waals surface area contributed by atoms with Gasteiger partial charge >= 0.3 is 6.09 Å². The Morgan fingerprint density at radius 2 is 1.77 bits per heavy atom. The van der Waals surface area contributed by atoms with Crippen molar-refractivity contribution in [2.24, 2.45) is 0 Å². The summed E-state index contributed by atoms with van der Waals surface area (Å²) >= 11 is 0. The number of rotatable bonds is 4. The molecule has 0 aliphatic carbocycles. The van der Waals surface area contributed by atoms with Crippen LogP contribution in [-0.4, -0.2) is 65.7 Å². The zero-order valence-electron chi connectivity index (χ0n) is 17.9. The summed E-state index contributed by atoms with van der Waals surface area (Å²) in [4.78, 5) is 30.9. The van der Waals surface area contributed by atoms with Gasteiger partial charge in [0.15, 0.2) is 0 Å². The molecule has 164 valence electrons. The van der Waals surface area contributed by atoms with E-state index in [0.717, 1.165) is 51.6 Å². The van der Waals surface area contributed by atoms with Crippen molar-refractivity contribution in [3.05, 3.63) is 30.1 Å². The van der Waals surface area contributed by atoms with Crippen molar-refractivity contribution in [3.8, 4) is 0 Å². The van der Waals surface area contributed by atoms with Gasteiger partial charge in [-0.1, -0.05) is 6.07 Å². The Balaban J connectivity index is 1.37. The fraction of sp³-hybridized carbons (Fsp3) is 0.652. The zero-order valence-corrected chi connectivity index (χ0v) is 17.9. The molecule has 30 heavy (non-hydrogen) atoms. The first kappa shape index (κ1) is 21.1. The second-order valence-electron chi connectivity index (χ2n) is 8.75. The Labute approximate surface area is 177 Å². The third-order valence-electron chi connectivity index (χ3n) is 6.99. The molecule has 3 aliphatic rings. The molecule has 1 aromatic rings. The molecule has 1 aromatic carbocycles. The largest absolute Gasteiger partial charge is 0.450 e. The smallest absolute Gasteiger partial charge is 0.410 e. The lowest BCUT2D eigenvalue weighted by Crippen LogP contribution is -2.55. The second kappa shape index (κ2) is 8.92. The molecule has 2 bridgehead atoms. The molecule has 0 N–H and O–H groups in total. The maximum atomic E-state index is 13.7. The van der Waals surface area contributed by atoms with Crippen molar-refractivity contribution in [1.82, 2.24) is 9.80 Å². The van der Waals surface area contributed by atoms with Gasteiger partial charge in [0.2, 0.25) is 5.91 Å². The van der Waals surface area contributed by atoms with E-state index < -0.39 is 0 Å². The summed E-state index contributed by atoms with van der Waals surface area (Å²) in [6, 6.07) is 7.45. The maximum Gasteiger partial charge on any atom is 0.410 e. The van der Waals surface area contributed by atoms with E-state index in [2.05, 4.69) is 4.90 Å². The average molecular weight is 418 g/mol. The molecule has 7 heteroatoms. The first-order valence-corrected chi connectivity index (χ1v) is 11.2. The Morgan fingerprint density at radius 1 is 1.10 bits per heavy atom. The molecule has 3 heterocycles. The fourth-order valence-corrected chi connectivity index (χ4v) is 5.73. The van der Waals surface area contributed by atoms with Crippen LogP contribution < -0.4 is 4.90 Å². The van der Waals surface area contributed by atoms with E-state index in [1.54, 1.807) is 24.0 Å². The van der Waals surface area contributed by atoms with E-state index >= 15 is 0 Å². The molecule has 0 saturated carbocycles. The minimum atomic E-state index is -0.319. The molecule has 0 aromatic heterocycles. The highest BCUT2D eigenvalue weighted by Crippen LogP contribution is 2.39. The van der Waals surface area contributed by atoms with Crippen molar-refractivity contribution >= 4 is 17.7 Å². The molecule has 3 aliphatic heterocycles. The van der Waals surface area contributed by atoms with E-state index in [1.807, 2.05) is 11.8 Å². The van der Waals surface area contributed by atoms with E-state index in [0.29, 0.717) is 18.3 Å². The molecule has 2 atom stereocenters. The molecule has 6 nitrogen and oxygen atoms in total. The SMILES string of the molecule is CCOC(=O)N1C2CCC1CC(N1CCC(N(C(C)=O)c3cccc(F)c3)CC1)C2. The van der Waals surface area contributed by atoms with Crippen LogP contribution in [0.4, 0.5) is 14.9 Å². The van der Waals surface area contributed by atoms with Crippen LogP contribution >= 0.6 is 0 Å². The highest BCUT2D eigenvalue weighted by molar-refractivity contribution is 5.92. The van der Waals surface area contributed by atoms with Crippen LogP contribution in [0.3, 0.4) is 0 Å². The quantitative estimate of drug-likeness (QED) is 0.748. The van der Waals surface area contributed by atoms with Crippen LogP contribution in [0.25, 0.3) is 0 Å². The van der Waals surface area contributed by atoms with Gasteiger partial charge in [-0.25, -0.2) is 9.18 Å². The number of carbonyl (C=O) groups excluding carboxylic acids is 2. The average Bonchev–Trinajstić information content (AvgIpc) is 2.98. The number of likely N-dealkylation sites (tertiary alicyclic amines) is 1. The van der Waals surface area contributed by atoms with Crippen LogP contribution in [-0.2, 0) is 9.53 Å². The normalized spacial score (nSPS) is 27.2. The second-order valence-corrected chi connectivity index (χ2v) is 8.75. The first-order valence-electron chi connectivity index (χ1n) is 11.2. The van der Waals surface area contributed by atoms with Gasteiger partial charge in [0, 0.05) is 49.9 Å². The molecule has 4 rings (SSSR count). The molecule has 0 spiro atoms. The number of piperidine rings is 2. The van der Waals surface area contributed by atoms with Crippen molar-refractivity contribution in [2.75, 3.05) is 24.6 Å². The number of halogens is 1. The van der Waals surface area contributed by atoms with Crippen LogP contribution in [0, 0.1) is 5.82 Å². The van der Waals surface area contributed by atoms with E-state index in [9.17, 15) is 14.0 Å². The summed E-state index contributed by atoms with van der Waals surface area (Å²) in [5, 5.41) is 0. The Bertz CT molecular complexity index is 767. The monoisotopic (exact) mass is 417 g/mol. The minimum absolute atomic E-state index is 0.0418. The summed E-state index contributed by atoms with van der Waals surface area (Å²) in [6.45, 7) is 5.68. The molecule has 3 fully saturated rings. The summed E-state index contributed by atoms with van der Waals surface area (Å²) in [7, 11) is 0. The van der Waals surface area contributed by atoms with Gasteiger partial charge in [-0.2, -0.15) is 0 Å². The van der Waals surface area contributed by atoms with Crippen LogP contribution in [0.5, 0.6) is 0 Å². The standard InChI is InChI=1S/C23H32FN3O3/c1-3-30-23(29)27-20-7-8-21(27)15-22(14-20)25-11-9-18(10-12-25)26(16(2)28)19-6-4-5-17(24)13-19/h4-6,13,18,20-22H,3,7-12,14-15H2,1-2H3.